The van der Waals surface area contributed by atoms with E-state index in [0.29, 0.717) is 0 Å². The second-order valence-corrected chi connectivity index (χ2v) is 3.53. The van der Waals surface area contributed by atoms with Gasteiger partial charge >= 0.3 is 0 Å². The van der Waals surface area contributed by atoms with E-state index >= 15 is 0 Å². The Labute approximate surface area is 84.1 Å². The lowest BCUT2D eigenvalue weighted by molar-refractivity contribution is 0.496. The molecule has 14 heavy (non-hydrogen) atoms. The first kappa shape index (κ1) is 9.03. The summed E-state index contributed by atoms with van der Waals surface area (Å²) in [5, 5.41) is 4.46. The van der Waals surface area contributed by atoms with Crippen LogP contribution in [0.4, 0.5) is 5.69 Å². The zero-order valence-electron chi connectivity index (χ0n) is 8.49. The van der Waals surface area contributed by atoms with Crippen LogP contribution in [0.3, 0.4) is 0 Å². The Bertz CT molecular complexity index is 430. The van der Waals surface area contributed by atoms with Crippen LogP contribution in [0, 0.1) is 0 Å². The Morgan fingerprint density at radius 3 is 2.43 bits per heavy atom. The minimum absolute atomic E-state index is 1.15. The molecule has 0 atom stereocenters. The standard InChI is InChI=1S/C12H14N2/c1-14(2)13-12-9-5-7-10-6-3-4-8-11(10)12/h3-9,13H,1-2H3. The van der Waals surface area contributed by atoms with E-state index in [4.69, 9.17) is 0 Å². The molecule has 0 fully saturated rings. The normalized spacial score (nSPS) is 10.8. The van der Waals surface area contributed by atoms with Crippen molar-refractivity contribution in [2.75, 3.05) is 19.5 Å². The molecule has 0 saturated heterocycles. The summed E-state index contributed by atoms with van der Waals surface area (Å²) in [5.74, 6) is 0. The SMILES string of the molecule is CN(C)Nc1cccc2ccccc12. The molecule has 0 amide bonds. The molecule has 0 aliphatic carbocycles. The predicted octanol–water partition coefficient (Wildman–Crippen LogP) is 2.73. The van der Waals surface area contributed by atoms with Gasteiger partial charge in [0.2, 0.25) is 0 Å². The van der Waals surface area contributed by atoms with Crippen molar-refractivity contribution in [3.05, 3.63) is 42.5 Å². The lowest BCUT2D eigenvalue weighted by Gasteiger charge is -2.15. The molecule has 2 nitrogen and oxygen atoms in total. The Morgan fingerprint density at radius 1 is 0.929 bits per heavy atom. The molecule has 2 aromatic rings. The summed E-state index contributed by atoms with van der Waals surface area (Å²) in [6.45, 7) is 0. The predicted molar refractivity (Wildman–Crippen MR) is 61.3 cm³/mol. The molecule has 0 aromatic heterocycles. The van der Waals surface area contributed by atoms with Gasteiger partial charge in [-0.15, -0.1) is 0 Å². The van der Waals surface area contributed by atoms with Crippen LogP contribution in [0.25, 0.3) is 10.8 Å². The molecule has 0 saturated carbocycles. The first-order valence-corrected chi connectivity index (χ1v) is 4.69. The number of hydrogen-bond acceptors (Lipinski definition) is 2. The third-order valence-corrected chi connectivity index (χ3v) is 2.13. The highest BCUT2D eigenvalue weighted by atomic mass is 15.5. The summed E-state index contributed by atoms with van der Waals surface area (Å²) in [7, 11) is 3.98. The van der Waals surface area contributed by atoms with E-state index in [2.05, 4.69) is 47.9 Å². The van der Waals surface area contributed by atoms with Crippen molar-refractivity contribution < 1.29 is 0 Å². The highest BCUT2D eigenvalue weighted by Crippen LogP contribution is 2.22. The van der Waals surface area contributed by atoms with Crippen molar-refractivity contribution in [2.24, 2.45) is 0 Å². The first-order chi connectivity index (χ1) is 6.77. The van der Waals surface area contributed by atoms with Crippen LogP contribution in [0.1, 0.15) is 0 Å². The molecule has 72 valence electrons. The number of anilines is 1. The Balaban J connectivity index is 2.53. The number of rotatable bonds is 2. The van der Waals surface area contributed by atoms with Gasteiger partial charge in [0.05, 0.1) is 5.69 Å². The molecule has 1 N–H and O–H groups in total. The van der Waals surface area contributed by atoms with Crippen LogP contribution in [-0.4, -0.2) is 19.1 Å². The van der Waals surface area contributed by atoms with Crippen LogP contribution in [0.5, 0.6) is 0 Å². The van der Waals surface area contributed by atoms with Crippen molar-refractivity contribution in [3.8, 4) is 0 Å². The lowest BCUT2D eigenvalue weighted by atomic mass is 10.1. The second kappa shape index (κ2) is 3.68. The molecule has 0 radical (unpaired) electrons. The first-order valence-electron chi connectivity index (χ1n) is 4.69. The number of nitrogens with zero attached hydrogens (tertiary/aromatic N) is 1. The van der Waals surface area contributed by atoms with Gasteiger partial charge in [0.1, 0.15) is 0 Å². The van der Waals surface area contributed by atoms with Crippen LogP contribution >= 0.6 is 0 Å². The van der Waals surface area contributed by atoms with Crippen molar-refractivity contribution >= 4 is 16.5 Å². The molecule has 2 rings (SSSR count). The van der Waals surface area contributed by atoms with Crippen molar-refractivity contribution in [2.45, 2.75) is 0 Å². The lowest BCUT2D eigenvalue weighted by Crippen LogP contribution is -2.19. The van der Waals surface area contributed by atoms with Crippen molar-refractivity contribution in [1.82, 2.24) is 5.01 Å². The maximum atomic E-state index is 3.28. The van der Waals surface area contributed by atoms with Crippen LogP contribution < -0.4 is 5.43 Å². The van der Waals surface area contributed by atoms with E-state index in [1.165, 1.54) is 10.8 Å². The van der Waals surface area contributed by atoms with Gasteiger partial charge in [0.25, 0.3) is 0 Å². The van der Waals surface area contributed by atoms with Gasteiger partial charge < -0.3 is 5.43 Å². The number of benzene rings is 2. The van der Waals surface area contributed by atoms with Crippen LogP contribution in [0.2, 0.25) is 0 Å². The maximum absolute atomic E-state index is 3.28. The molecule has 2 heteroatoms. The van der Waals surface area contributed by atoms with E-state index in [1.54, 1.807) is 0 Å². The van der Waals surface area contributed by atoms with E-state index in [9.17, 15) is 0 Å². The quantitative estimate of drug-likeness (QED) is 0.725. The van der Waals surface area contributed by atoms with Gasteiger partial charge in [-0.05, 0) is 11.5 Å². The summed E-state index contributed by atoms with van der Waals surface area (Å²) in [4.78, 5) is 0. The highest BCUT2D eigenvalue weighted by Gasteiger charge is 1.98. The highest BCUT2D eigenvalue weighted by molar-refractivity contribution is 5.93. The fourth-order valence-corrected chi connectivity index (χ4v) is 1.56. The number of hydrazine groups is 1. The van der Waals surface area contributed by atoms with Gasteiger partial charge in [-0.1, -0.05) is 36.4 Å². The van der Waals surface area contributed by atoms with Gasteiger partial charge in [-0.2, -0.15) is 0 Å². The van der Waals surface area contributed by atoms with Crippen molar-refractivity contribution in [3.63, 3.8) is 0 Å². The van der Waals surface area contributed by atoms with E-state index in [1.807, 2.05) is 19.1 Å². The molecule has 0 heterocycles. The topological polar surface area (TPSA) is 15.3 Å². The fourth-order valence-electron chi connectivity index (χ4n) is 1.56. The molecule has 0 bridgehead atoms. The number of fused-ring (bicyclic) bond motifs is 1. The van der Waals surface area contributed by atoms with Crippen molar-refractivity contribution in [1.29, 1.82) is 0 Å². The Kier molecular flexibility index (Phi) is 2.37. The van der Waals surface area contributed by atoms with Gasteiger partial charge in [0.15, 0.2) is 0 Å². The van der Waals surface area contributed by atoms with E-state index < -0.39 is 0 Å². The summed E-state index contributed by atoms with van der Waals surface area (Å²) < 4.78 is 0. The molecular weight excluding hydrogens is 172 g/mol. The van der Waals surface area contributed by atoms with Crippen LogP contribution in [-0.2, 0) is 0 Å². The van der Waals surface area contributed by atoms with E-state index in [-0.39, 0.29) is 0 Å². The summed E-state index contributed by atoms with van der Waals surface area (Å²) in [6.07, 6.45) is 0. The Morgan fingerprint density at radius 2 is 1.64 bits per heavy atom. The summed E-state index contributed by atoms with van der Waals surface area (Å²) >= 11 is 0. The Hall–Kier alpha value is -1.54. The molecule has 2 aromatic carbocycles. The zero-order valence-corrected chi connectivity index (χ0v) is 8.49. The molecular formula is C12H14N2. The summed E-state index contributed by atoms with van der Waals surface area (Å²) in [6, 6.07) is 14.6. The third kappa shape index (κ3) is 1.70. The number of hydrogen-bond donors (Lipinski definition) is 1. The molecule has 0 aliphatic heterocycles. The molecule has 0 aliphatic rings. The van der Waals surface area contributed by atoms with E-state index in [0.717, 1.165) is 5.69 Å². The molecule has 0 unspecified atom stereocenters. The average Bonchev–Trinajstić information content (AvgIpc) is 2.18. The third-order valence-electron chi connectivity index (χ3n) is 2.13. The van der Waals surface area contributed by atoms with Gasteiger partial charge in [-0.3, -0.25) is 0 Å². The van der Waals surface area contributed by atoms with Gasteiger partial charge in [0, 0.05) is 19.5 Å². The average molecular weight is 186 g/mol. The minimum Gasteiger partial charge on any atom is -0.319 e. The largest absolute Gasteiger partial charge is 0.319 e. The zero-order chi connectivity index (χ0) is 9.97. The number of nitrogens with one attached hydrogen (secondary N) is 1. The van der Waals surface area contributed by atoms with Crippen LogP contribution in [0.15, 0.2) is 42.5 Å². The summed E-state index contributed by atoms with van der Waals surface area (Å²) in [5.41, 5.74) is 4.43. The fraction of sp³-hybridized carbons (Fsp3) is 0.167. The smallest absolute Gasteiger partial charge is 0.0568 e. The monoisotopic (exact) mass is 186 g/mol. The maximum Gasteiger partial charge on any atom is 0.0568 e. The molecule has 0 spiro atoms. The second-order valence-electron chi connectivity index (χ2n) is 3.53. The minimum atomic E-state index is 1.15. The van der Waals surface area contributed by atoms with Gasteiger partial charge in [-0.25, -0.2) is 5.01 Å².